The van der Waals surface area contributed by atoms with Gasteiger partial charge in [-0.05, 0) is 19.1 Å². The highest BCUT2D eigenvalue weighted by Crippen LogP contribution is 2.25. The van der Waals surface area contributed by atoms with Gasteiger partial charge in [0.05, 0.1) is 29.1 Å². The maximum Gasteiger partial charge on any atom is 0.307 e. The van der Waals surface area contributed by atoms with Crippen molar-refractivity contribution in [1.82, 2.24) is 9.55 Å². The lowest BCUT2D eigenvalue weighted by Gasteiger charge is -2.07. The number of ether oxygens (including phenoxy) is 1. The quantitative estimate of drug-likeness (QED) is 0.863. The Bertz CT molecular complexity index is 580. The van der Waals surface area contributed by atoms with E-state index in [-0.39, 0.29) is 12.4 Å². The second kappa shape index (κ2) is 5.27. The van der Waals surface area contributed by atoms with E-state index in [0.29, 0.717) is 24.1 Å². The fourth-order valence-electron chi connectivity index (χ4n) is 1.82. The van der Waals surface area contributed by atoms with Gasteiger partial charge in [-0.25, -0.2) is 4.98 Å². The number of hydrogen-bond acceptors (Lipinski definition) is 4. The number of para-hydroxylation sites is 1. The Morgan fingerprint density at radius 1 is 1.56 bits per heavy atom. The molecule has 0 aliphatic carbocycles. The summed E-state index contributed by atoms with van der Waals surface area (Å²) >= 11 is 6.12. The summed E-state index contributed by atoms with van der Waals surface area (Å²) in [7, 11) is 0. The number of benzene rings is 1. The lowest BCUT2D eigenvalue weighted by Crippen LogP contribution is -2.10. The number of nitrogen functional groups attached to an aromatic ring is 1. The van der Waals surface area contributed by atoms with Gasteiger partial charge in [0.1, 0.15) is 0 Å². The first kappa shape index (κ1) is 12.7. The summed E-state index contributed by atoms with van der Waals surface area (Å²) in [5.74, 6) is 0.0909. The average Bonchev–Trinajstić information content (AvgIpc) is 2.64. The van der Waals surface area contributed by atoms with Gasteiger partial charge in [0.25, 0.3) is 0 Å². The molecular weight excluding hydrogens is 254 g/mol. The van der Waals surface area contributed by atoms with Crippen molar-refractivity contribution in [3.8, 4) is 0 Å². The number of anilines is 1. The van der Waals surface area contributed by atoms with Crippen molar-refractivity contribution in [2.75, 3.05) is 12.3 Å². The third kappa shape index (κ3) is 2.41. The molecule has 0 radical (unpaired) electrons. The summed E-state index contributed by atoms with van der Waals surface area (Å²) < 4.78 is 6.61. The number of rotatable bonds is 4. The molecule has 2 aromatic rings. The molecule has 0 saturated heterocycles. The number of fused-ring (bicyclic) bond motifs is 1. The zero-order valence-corrected chi connectivity index (χ0v) is 10.8. The Hall–Kier alpha value is -1.75. The number of nitrogens with two attached hydrogens (primary N) is 1. The highest BCUT2D eigenvalue weighted by Gasteiger charge is 2.12. The monoisotopic (exact) mass is 267 g/mol. The number of esters is 1. The normalized spacial score (nSPS) is 10.8. The number of hydrogen-bond donors (Lipinski definition) is 1. The molecule has 0 amide bonds. The third-order valence-corrected chi connectivity index (χ3v) is 2.90. The van der Waals surface area contributed by atoms with Crippen molar-refractivity contribution < 1.29 is 9.53 Å². The van der Waals surface area contributed by atoms with Crippen LogP contribution in [0.2, 0.25) is 5.02 Å². The Balaban J connectivity index is 2.27. The van der Waals surface area contributed by atoms with Gasteiger partial charge in [0.2, 0.25) is 5.95 Å². The van der Waals surface area contributed by atoms with Crippen LogP contribution in [-0.4, -0.2) is 22.1 Å². The van der Waals surface area contributed by atoms with E-state index in [0.717, 1.165) is 11.0 Å². The van der Waals surface area contributed by atoms with E-state index in [9.17, 15) is 4.79 Å². The van der Waals surface area contributed by atoms with Crippen LogP contribution in [0.15, 0.2) is 18.2 Å². The van der Waals surface area contributed by atoms with E-state index < -0.39 is 0 Å². The maximum absolute atomic E-state index is 11.3. The second-order valence-corrected chi connectivity index (χ2v) is 4.19. The van der Waals surface area contributed by atoms with Crippen LogP contribution in [-0.2, 0) is 16.1 Å². The first-order valence-corrected chi connectivity index (χ1v) is 6.07. The summed E-state index contributed by atoms with van der Waals surface area (Å²) in [4.78, 5) is 15.5. The molecule has 1 aromatic heterocycles. The second-order valence-electron chi connectivity index (χ2n) is 3.78. The molecule has 0 unspecified atom stereocenters. The van der Waals surface area contributed by atoms with Gasteiger partial charge < -0.3 is 15.0 Å². The Morgan fingerprint density at radius 2 is 2.33 bits per heavy atom. The summed E-state index contributed by atoms with van der Waals surface area (Å²) in [6.07, 6.45) is 0.245. The molecule has 0 atom stereocenters. The summed E-state index contributed by atoms with van der Waals surface area (Å²) in [5.41, 5.74) is 7.30. The first-order chi connectivity index (χ1) is 8.63. The lowest BCUT2D eigenvalue weighted by atomic mass is 10.3. The molecular formula is C12H14ClN3O2. The largest absolute Gasteiger partial charge is 0.466 e. The predicted octanol–water partition coefficient (Wildman–Crippen LogP) is 2.23. The third-order valence-electron chi connectivity index (χ3n) is 2.59. The van der Waals surface area contributed by atoms with E-state index in [1.807, 2.05) is 12.1 Å². The topological polar surface area (TPSA) is 70.1 Å². The van der Waals surface area contributed by atoms with Gasteiger partial charge in [-0.2, -0.15) is 0 Å². The van der Waals surface area contributed by atoms with Crippen molar-refractivity contribution >= 4 is 34.6 Å². The molecule has 0 bridgehead atoms. The molecule has 0 saturated carbocycles. The van der Waals surface area contributed by atoms with Crippen LogP contribution in [0.25, 0.3) is 11.0 Å². The van der Waals surface area contributed by atoms with Crippen LogP contribution in [0.5, 0.6) is 0 Å². The molecule has 5 nitrogen and oxygen atoms in total. The number of carbonyl (C=O) groups is 1. The van der Waals surface area contributed by atoms with E-state index in [2.05, 4.69) is 4.98 Å². The molecule has 6 heteroatoms. The van der Waals surface area contributed by atoms with Crippen LogP contribution in [0.1, 0.15) is 13.3 Å². The Morgan fingerprint density at radius 3 is 3.06 bits per heavy atom. The fraction of sp³-hybridized carbons (Fsp3) is 0.333. The van der Waals surface area contributed by atoms with Crippen molar-refractivity contribution in [1.29, 1.82) is 0 Å². The number of imidazole rings is 1. The van der Waals surface area contributed by atoms with E-state index >= 15 is 0 Å². The fourth-order valence-corrected chi connectivity index (χ4v) is 2.09. The van der Waals surface area contributed by atoms with Gasteiger partial charge >= 0.3 is 5.97 Å². The summed E-state index contributed by atoms with van der Waals surface area (Å²) in [6.45, 7) is 2.56. The summed E-state index contributed by atoms with van der Waals surface area (Å²) in [6, 6.07) is 5.41. The molecule has 2 rings (SSSR count). The van der Waals surface area contributed by atoms with E-state index in [1.54, 1.807) is 17.6 Å². The minimum atomic E-state index is -0.259. The molecule has 0 spiro atoms. The Labute approximate surface area is 109 Å². The highest BCUT2D eigenvalue weighted by molar-refractivity contribution is 6.35. The predicted molar refractivity (Wildman–Crippen MR) is 70.4 cm³/mol. The molecule has 0 fully saturated rings. The molecule has 0 aliphatic rings. The Kier molecular flexibility index (Phi) is 3.72. The van der Waals surface area contributed by atoms with Gasteiger partial charge in [0.15, 0.2) is 0 Å². The molecule has 1 aromatic carbocycles. The van der Waals surface area contributed by atoms with Crippen LogP contribution in [0.4, 0.5) is 5.95 Å². The van der Waals surface area contributed by atoms with Crippen LogP contribution in [0, 0.1) is 0 Å². The van der Waals surface area contributed by atoms with Crippen molar-refractivity contribution in [3.63, 3.8) is 0 Å². The van der Waals surface area contributed by atoms with Gasteiger partial charge in [0, 0.05) is 6.54 Å². The number of halogens is 1. The zero-order chi connectivity index (χ0) is 13.1. The van der Waals surface area contributed by atoms with Gasteiger partial charge in [-0.3, -0.25) is 4.79 Å². The summed E-state index contributed by atoms with van der Waals surface area (Å²) in [5, 5.41) is 0.570. The SMILES string of the molecule is CCOC(=O)CCn1c(N)nc2cccc(Cl)c21. The van der Waals surface area contributed by atoms with Crippen molar-refractivity contribution in [2.45, 2.75) is 19.9 Å². The smallest absolute Gasteiger partial charge is 0.307 e. The number of aryl methyl sites for hydroxylation is 1. The number of nitrogens with zero attached hydrogens (tertiary/aromatic N) is 2. The minimum absolute atomic E-state index is 0.245. The maximum atomic E-state index is 11.3. The van der Waals surface area contributed by atoms with Crippen LogP contribution in [0.3, 0.4) is 0 Å². The molecule has 2 N–H and O–H groups in total. The van der Waals surface area contributed by atoms with Crippen molar-refractivity contribution in [3.05, 3.63) is 23.2 Å². The van der Waals surface area contributed by atoms with Crippen LogP contribution < -0.4 is 5.73 Å². The average molecular weight is 268 g/mol. The molecule has 1 heterocycles. The van der Waals surface area contributed by atoms with E-state index in [1.165, 1.54) is 0 Å². The van der Waals surface area contributed by atoms with E-state index in [4.69, 9.17) is 22.1 Å². The number of aromatic nitrogens is 2. The molecule has 96 valence electrons. The van der Waals surface area contributed by atoms with Crippen LogP contribution >= 0.6 is 11.6 Å². The zero-order valence-electron chi connectivity index (χ0n) is 10.0. The molecule has 18 heavy (non-hydrogen) atoms. The van der Waals surface area contributed by atoms with Gasteiger partial charge in [-0.1, -0.05) is 17.7 Å². The lowest BCUT2D eigenvalue weighted by molar-refractivity contribution is -0.143. The minimum Gasteiger partial charge on any atom is -0.466 e. The van der Waals surface area contributed by atoms with Crippen molar-refractivity contribution in [2.24, 2.45) is 0 Å². The van der Waals surface area contributed by atoms with Gasteiger partial charge in [-0.15, -0.1) is 0 Å². The highest BCUT2D eigenvalue weighted by atomic mass is 35.5. The number of carbonyl (C=O) groups excluding carboxylic acids is 1. The standard InChI is InChI=1S/C12H14ClN3O2/c1-2-18-10(17)6-7-16-11-8(13)4-3-5-9(11)15-12(16)14/h3-5H,2,6-7H2,1H3,(H2,14,15). The first-order valence-electron chi connectivity index (χ1n) is 5.69. The molecule has 0 aliphatic heterocycles.